The zero-order valence-corrected chi connectivity index (χ0v) is 24.6. The van der Waals surface area contributed by atoms with Gasteiger partial charge in [-0.15, -0.1) is 0 Å². The first-order chi connectivity index (χ1) is 20.2. The summed E-state index contributed by atoms with van der Waals surface area (Å²) in [5, 5.41) is 21.2. The molecule has 0 unspecified atom stereocenters. The van der Waals surface area contributed by atoms with Crippen LogP contribution in [0.1, 0.15) is 57.8 Å². The smallest absolute Gasteiger partial charge is 0.408 e. The number of carbonyl (C=O) groups excluding carboxylic acids is 5. The van der Waals surface area contributed by atoms with Crippen LogP contribution in [0.4, 0.5) is 21.9 Å². The van der Waals surface area contributed by atoms with Crippen molar-refractivity contribution >= 4 is 46.8 Å². The second kappa shape index (κ2) is 13.8. The molecule has 0 aromatic heterocycles. The summed E-state index contributed by atoms with van der Waals surface area (Å²) >= 11 is 0. The zero-order chi connectivity index (χ0) is 31.9. The van der Waals surface area contributed by atoms with Gasteiger partial charge in [0.05, 0.1) is 16.2 Å². The Balaban J connectivity index is 1.62. The van der Waals surface area contributed by atoms with Gasteiger partial charge in [-0.25, -0.2) is 4.79 Å². The van der Waals surface area contributed by atoms with Gasteiger partial charge in [0.2, 0.25) is 17.7 Å². The molecule has 0 saturated carbocycles. The number of anilines is 2. The first kappa shape index (κ1) is 32.5. The molecule has 43 heavy (non-hydrogen) atoms. The van der Waals surface area contributed by atoms with Crippen LogP contribution >= 0.6 is 0 Å². The molecule has 1 aliphatic rings. The summed E-state index contributed by atoms with van der Waals surface area (Å²) in [5.74, 6) is -2.12. The molecule has 1 heterocycles. The van der Waals surface area contributed by atoms with Crippen molar-refractivity contribution in [3.8, 4) is 0 Å². The molecule has 0 bridgehead atoms. The first-order valence-electron chi connectivity index (χ1n) is 13.7. The number of nitro groups is 1. The fraction of sp³-hybridized carbons (Fsp3) is 0.414. The number of alkyl carbamates (subject to hydrolysis) is 1. The Hall–Kier alpha value is -5.01. The molecule has 1 saturated heterocycles. The van der Waals surface area contributed by atoms with Crippen LogP contribution < -0.4 is 21.3 Å². The number of benzene rings is 2. The van der Waals surface area contributed by atoms with E-state index in [0.717, 1.165) is 0 Å². The third-order valence-electron chi connectivity index (χ3n) is 6.46. The molecule has 2 aromatic rings. The number of carbonyl (C=O) groups is 5. The minimum absolute atomic E-state index is 0.123. The van der Waals surface area contributed by atoms with Crippen LogP contribution in [0.15, 0.2) is 48.5 Å². The van der Waals surface area contributed by atoms with Crippen LogP contribution in [0.5, 0.6) is 0 Å². The fourth-order valence-corrected chi connectivity index (χ4v) is 4.37. The maximum atomic E-state index is 13.3. The van der Waals surface area contributed by atoms with Crippen molar-refractivity contribution in [2.75, 3.05) is 17.2 Å². The largest absolute Gasteiger partial charge is 0.444 e. The Morgan fingerprint density at radius 1 is 0.953 bits per heavy atom. The van der Waals surface area contributed by atoms with E-state index in [0.29, 0.717) is 25.1 Å². The molecule has 0 radical (unpaired) electrons. The van der Waals surface area contributed by atoms with E-state index in [1.165, 1.54) is 49.1 Å². The number of nitrogens with zero attached hydrogens (tertiary/aromatic N) is 2. The Morgan fingerprint density at radius 3 is 2.23 bits per heavy atom. The Kier molecular flexibility index (Phi) is 10.4. The lowest BCUT2D eigenvalue weighted by Gasteiger charge is -2.28. The highest BCUT2D eigenvalue weighted by Gasteiger charge is 2.37. The number of hydrogen-bond donors (Lipinski definition) is 4. The Bertz CT molecular complexity index is 1390. The summed E-state index contributed by atoms with van der Waals surface area (Å²) in [6.45, 7) is 8.32. The van der Waals surface area contributed by atoms with Crippen molar-refractivity contribution in [3.05, 3.63) is 64.2 Å². The number of non-ortho nitro benzene ring substituents is 1. The molecule has 5 amide bonds. The summed E-state index contributed by atoms with van der Waals surface area (Å²) in [6, 6.07) is 8.84. The molecule has 14 nitrogen and oxygen atoms in total. The molecule has 4 N–H and O–H groups in total. The number of nitro benzene ring substituents is 1. The van der Waals surface area contributed by atoms with E-state index in [1.54, 1.807) is 39.0 Å². The molecular formula is C29H36N6O8. The number of rotatable bonds is 9. The van der Waals surface area contributed by atoms with Gasteiger partial charge in [0.25, 0.3) is 11.6 Å². The quantitative estimate of drug-likeness (QED) is 0.251. The second-order valence-electron chi connectivity index (χ2n) is 11.1. The van der Waals surface area contributed by atoms with Crippen LogP contribution in [0.3, 0.4) is 0 Å². The van der Waals surface area contributed by atoms with Gasteiger partial charge in [-0.3, -0.25) is 29.3 Å². The Labute approximate surface area is 248 Å². The molecule has 0 aliphatic carbocycles. The highest BCUT2D eigenvalue weighted by atomic mass is 16.6. The zero-order valence-electron chi connectivity index (χ0n) is 24.6. The van der Waals surface area contributed by atoms with Gasteiger partial charge >= 0.3 is 6.09 Å². The molecule has 230 valence electrons. The highest BCUT2D eigenvalue weighted by Crippen LogP contribution is 2.23. The molecule has 1 fully saturated rings. The van der Waals surface area contributed by atoms with E-state index in [4.69, 9.17) is 4.74 Å². The van der Waals surface area contributed by atoms with Crippen LogP contribution in [0, 0.1) is 10.1 Å². The predicted molar refractivity (Wildman–Crippen MR) is 157 cm³/mol. The van der Waals surface area contributed by atoms with Gasteiger partial charge in [0.15, 0.2) is 0 Å². The lowest BCUT2D eigenvalue weighted by Crippen LogP contribution is -2.54. The van der Waals surface area contributed by atoms with Crippen molar-refractivity contribution < 1.29 is 33.6 Å². The minimum atomic E-state index is -0.983. The average molecular weight is 597 g/mol. The lowest BCUT2D eigenvalue weighted by molar-refractivity contribution is -0.384. The van der Waals surface area contributed by atoms with Gasteiger partial charge in [0.1, 0.15) is 23.7 Å². The number of hydrogen-bond acceptors (Lipinski definition) is 8. The summed E-state index contributed by atoms with van der Waals surface area (Å²) in [7, 11) is 0. The third-order valence-corrected chi connectivity index (χ3v) is 6.46. The molecule has 14 heteroatoms. The summed E-state index contributed by atoms with van der Waals surface area (Å²) in [5.41, 5.74) is -0.170. The standard InChI is InChI=1S/C29H36N6O8/c1-17(31-28(40)43-29(3,4)5)24(36)30-18(2)27(39)34-16-8-11-23(34)26(38)33-22-10-7-6-9-21(22)25(37)32-19-12-14-20(15-13-19)35(41)42/h6-7,9-10,12-15,17-18,23H,8,11,16H2,1-5H3,(H,30,36)(H,31,40)(H,32,37)(H,33,38)/t17-,18-,23-/m0/s1. The van der Waals surface area contributed by atoms with Crippen LogP contribution in [0.25, 0.3) is 0 Å². The monoisotopic (exact) mass is 596 g/mol. The second-order valence-corrected chi connectivity index (χ2v) is 11.1. The molecule has 3 atom stereocenters. The van der Waals surface area contributed by atoms with Crippen LogP contribution in [-0.4, -0.2) is 69.8 Å². The Morgan fingerprint density at radius 2 is 1.60 bits per heavy atom. The van der Waals surface area contributed by atoms with Crippen LogP contribution in [0.2, 0.25) is 0 Å². The molecule has 0 spiro atoms. The summed E-state index contributed by atoms with van der Waals surface area (Å²) in [4.78, 5) is 75.8. The van der Waals surface area contributed by atoms with Gasteiger partial charge in [-0.1, -0.05) is 12.1 Å². The summed E-state index contributed by atoms with van der Waals surface area (Å²) in [6.07, 6.45) is 0.169. The van der Waals surface area contributed by atoms with Gasteiger partial charge in [0, 0.05) is 24.4 Å². The topological polar surface area (TPSA) is 189 Å². The number of amides is 5. The van der Waals surface area contributed by atoms with Gasteiger partial charge < -0.3 is 30.9 Å². The van der Waals surface area contributed by atoms with Crippen molar-refractivity contribution in [3.63, 3.8) is 0 Å². The molecule has 2 aromatic carbocycles. The average Bonchev–Trinajstić information content (AvgIpc) is 3.42. The van der Waals surface area contributed by atoms with Crippen molar-refractivity contribution in [1.82, 2.24) is 15.5 Å². The number of nitrogens with one attached hydrogen (secondary N) is 4. The van der Waals surface area contributed by atoms with E-state index in [-0.39, 0.29) is 16.9 Å². The highest BCUT2D eigenvalue weighted by molar-refractivity contribution is 6.11. The third kappa shape index (κ3) is 8.99. The number of ether oxygens (including phenoxy) is 1. The normalized spacial score (nSPS) is 15.9. The summed E-state index contributed by atoms with van der Waals surface area (Å²) < 4.78 is 5.15. The predicted octanol–water partition coefficient (Wildman–Crippen LogP) is 3.19. The van der Waals surface area contributed by atoms with E-state index >= 15 is 0 Å². The molecular weight excluding hydrogens is 560 g/mol. The maximum Gasteiger partial charge on any atom is 0.408 e. The van der Waals surface area contributed by atoms with Gasteiger partial charge in [-0.2, -0.15) is 0 Å². The SMILES string of the molecule is C[C@H](NC(=O)OC(C)(C)C)C(=O)N[C@@H](C)C(=O)N1CCC[C@H]1C(=O)Nc1ccccc1C(=O)Nc1ccc([N+](=O)[O-])cc1. The van der Waals surface area contributed by atoms with Crippen molar-refractivity contribution in [2.24, 2.45) is 0 Å². The van der Waals surface area contributed by atoms with Gasteiger partial charge in [-0.05, 0) is 71.7 Å². The number of likely N-dealkylation sites (tertiary alicyclic amines) is 1. The molecule has 3 rings (SSSR count). The maximum absolute atomic E-state index is 13.3. The fourth-order valence-electron chi connectivity index (χ4n) is 4.37. The van der Waals surface area contributed by atoms with E-state index in [9.17, 15) is 34.1 Å². The van der Waals surface area contributed by atoms with Crippen molar-refractivity contribution in [1.29, 1.82) is 0 Å². The van der Waals surface area contributed by atoms with Crippen molar-refractivity contribution in [2.45, 2.75) is 71.2 Å². The minimum Gasteiger partial charge on any atom is -0.444 e. The van der Waals surface area contributed by atoms with Crippen LogP contribution in [-0.2, 0) is 19.1 Å². The van der Waals surface area contributed by atoms with E-state index < -0.39 is 58.4 Å². The van der Waals surface area contributed by atoms with E-state index in [1.807, 2.05) is 0 Å². The molecule has 1 aliphatic heterocycles. The number of para-hydroxylation sites is 1. The van der Waals surface area contributed by atoms with E-state index in [2.05, 4.69) is 21.3 Å². The lowest BCUT2D eigenvalue weighted by atomic mass is 10.1. The first-order valence-corrected chi connectivity index (χ1v) is 13.7.